The molecule has 0 bridgehead atoms. The van der Waals surface area contributed by atoms with E-state index in [9.17, 15) is 9.59 Å². The fraction of sp³-hybridized carbons (Fsp3) is 0.176. The van der Waals surface area contributed by atoms with Crippen LogP contribution in [-0.4, -0.2) is 24.5 Å². The fourth-order valence-corrected chi connectivity index (χ4v) is 2.33. The zero-order valence-corrected chi connectivity index (χ0v) is 12.4. The molecule has 1 atom stereocenters. The van der Waals surface area contributed by atoms with Crippen LogP contribution in [0.1, 0.15) is 22.3 Å². The van der Waals surface area contributed by atoms with E-state index in [2.05, 4.69) is 0 Å². The van der Waals surface area contributed by atoms with E-state index in [1.165, 1.54) is 0 Å². The SMILES string of the molecule is O=C(c1ccc(Cl)cc1)c1ccc(O[C@H]2CCOC2=O)cc1. The lowest BCUT2D eigenvalue weighted by molar-refractivity contribution is -0.143. The molecule has 2 aromatic rings. The number of hydrogen-bond acceptors (Lipinski definition) is 4. The van der Waals surface area contributed by atoms with E-state index in [1.54, 1.807) is 48.5 Å². The van der Waals surface area contributed by atoms with Crippen LogP contribution >= 0.6 is 11.6 Å². The number of benzene rings is 2. The molecule has 0 N–H and O–H groups in total. The van der Waals surface area contributed by atoms with Crippen LogP contribution in [0.25, 0.3) is 0 Å². The van der Waals surface area contributed by atoms with Crippen LogP contribution in [0.2, 0.25) is 5.02 Å². The van der Waals surface area contributed by atoms with Crippen LogP contribution in [0.4, 0.5) is 0 Å². The summed E-state index contributed by atoms with van der Waals surface area (Å²) in [7, 11) is 0. The van der Waals surface area contributed by atoms with Gasteiger partial charge in [0.2, 0.25) is 0 Å². The summed E-state index contributed by atoms with van der Waals surface area (Å²) in [6.45, 7) is 0.386. The molecule has 2 aromatic carbocycles. The minimum absolute atomic E-state index is 0.0940. The minimum atomic E-state index is -0.558. The van der Waals surface area contributed by atoms with Gasteiger partial charge in [-0.25, -0.2) is 4.79 Å². The van der Waals surface area contributed by atoms with Gasteiger partial charge in [-0.05, 0) is 48.5 Å². The maximum atomic E-state index is 12.3. The van der Waals surface area contributed by atoms with Crippen molar-refractivity contribution in [1.29, 1.82) is 0 Å². The molecular weight excluding hydrogens is 304 g/mol. The van der Waals surface area contributed by atoms with Gasteiger partial charge in [0.05, 0.1) is 6.61 Å². The van der Waals surface area contributed by atoms with Crippen molar-refractivity contribution >= 4 is 23.4 Å². The number of halogens is 1. The van der Waals surface area contributed by atoms with E-state index in [1.807, 2.05) is 0 Å². The third kappa shape index (κ3) is 3.12. The van der Waals surface area contributed by atoms with Crippen molar-refractivity contribution in [3.63, 3.8) is 0 Å². The van der Waals surface area contributed by atoms with E-state index in [4.69, 9.17) is 21.1 Å². The largest absolute Gasteiger partial charge is 0.479 e. The van der Waals surface area contributed by atoms with Crippen molar-refractivity contribution in [1.82, 2.24) is 0 Å². The standard InChI is InChI=1S/C17H13ClO4/c18-13-5-1-11(2-6-13)16(19)12-3-7-14(8-4-12)22-15-9-10-21-17(15)20/h1-8,15H,9-10H2/t15-/m0/s1. The lowest BCUT2D eigenvalue weighted by Gasteiger charge is -2.10. The Bertz CT molecular complexity index is 692. The predicted molar refractivity (Wildman–Crippen MR) is 81.3 cm³/mol. The first-order valence-electron chi connectivity index (χ1n) is 6.87. The molecule has 5 heteroatoms. The van der Waals surface area contributed by atoms with Gasteiger partial charge in [0, 0.05) is 22.6 Å². The van der Waals surface area contributed by atoms with Gasteiger partial charge in [0.1, 0.15) is 5.75 Å². The Labute approximate surface area is 132 Å². The van der Waals surface area contributed by atoms with Gasteiger partial charge in [-0.2, -0.15) is 0 Å². The summed E-state index contributed by atoms with van der Waals surface area (Å²) in [4.78, 5) is 23.7. The summed E-state index contributed by atoms with van der Waals surface area (Å²) in [6.07, 6.45) is -0.0117. The molecule has 3 rings (SSSR count). The van der Waals surface area contributed by atoms with Gasteiger partial charge < -0.3 is 9.47 Å². The zero-order chi connectivity index (χ0) is 15.5. The molecule has 4 nitrogen and oxygen atoms in total. The molecule has 1 aliphatic rings. The normalized spacial score (nSPS) is 17.1. The van der Waals surface area contributed by atoms with Gasteiger partial charge in [-0.3, -0.25) is 4.79 Å². The van der Waals surface area contributed by atoms with Crippen LogP contribution in [0, 0.1) is 0 Å². The van der Waals surface area contributed by atoms with E-state index in [-0.39, 0.29) is 11.8 Å². The molecule has 0 aliphatic carbocycles. The molecule has 0 radical (unpaired) electrons. The summed E-state index contributed by atoms with van der Waals surface area (Å²) >= 11 is 5.81. The summed E-state index contributed by atoms with van der Waals surface area (Å²) in [5.41, 5.74) is 1.11. The molecule has 0 unspecified atom stereocenters. The Kier molecular flexibility index (Phi) is 4.11. The highest BCUT2D eigenvalue weighted by Crippen LogP contribution is 2.20. The van der Waals surface area contributed by atoms with Gasteiger partial charge in [0.25, 0.3) is 0 Å². The smallest absolute Gasteiger partial charge is 0.347 e. The van der Waals surface area contributed by atoms with E-state index >= 15 is 0 Å². The molecule has 0 spiro atoms. The molecule has 0 amide bonds. The first-order chi connectivity index (χ1) is 10.6. The second-order valence-electron chi connectivity index (χ2n) is 4.92. The number of ether oxygens (including phenoxy) is 2. The van der Waals surface area contributed by atoms with Crippen molar-refractivity contribution in [3.05, 3.63) is 64.7 Å². The lowest BCUT2D eigenvalue weighted by atomic mass is 10.0. The van der Waals surface area contributed by atoms with Crippen molar-refractivity contribution in [3.8, 4) is 5.75 Å². The molecule has 1 heterocycles. The van der Waals surface area contributed by atoms with Crippen LogP contribution < -0.4 is 4.74 Å². The van der Waals surface area contributed by atoms with Crippen LogP contribution in [-0.2, 0) is 9.53 Å². The Balaban J connectivity index is 1.72. The molecule has 0 saturated carbocycles. The van der Waals surface area contributed by atoms with Crippen LogP contribution in [0.5, 0.6) is 5.75 Å². The van der Waals surface area contributed by atoms with Crippen LogP contribution in [0.3, 0.4) is 0 Å². The maximum Gasteiger partial charge on any atom is 0.347 e. The second kappa shape index (κ2) is 6.20. The Morgan fingerprint density at radius 1 is 1.05 bits per heavy atom. The predicted octanol–water partition coefficient (Wildman–Crippen LogP) is 3.27. The first kappa shape index (κ1) is 14.6. The molecule has 112 valence electrons. The fourth-order valence-electron chi connectivity index (χ4n) is 2.20. The highest BCUT2D eigenvalue weighted by molar-refractivity contribution is 6.30. The number of carbonyl (C=O) groups excluding carboxylic acids is 2. The van der Waals surface area contributed by atoms with Gasteiger partial charge in [-0.1, -0.05) is 11.6 Å². The van der Waals surface area contributed by atoms with E-state index < -0.39 is 6.10 Å². The summed E-state index contributed by atoms with van der Waals surface area (Å²) in [5, 5.41) is 0.587. The van der Waals surface area contributed by atoms with Crippen molar-refractivity contribution in [2.75, 3.05) is 6.61 Å². The highest BCUT2D eigenvalue weighted by atomic mass is 35.5. The van der Waals surface area contributed by atoms with E-state index in [0.717, 1.165) is 0 Å². The molecule has 0 aromatic heterocycles. The number of hydrogen-bond donors (Lipinski definition) is 0. The van der Waals surface area contributed by atoms with E-state index in [0.29, 0.717) is 34.9 Å². The van der Waals surface area contributed by atoms with Crippen molar-refractivity contribution in [2.24, 2.45) is 0 Å². The summed E-state index contributed by atoms with van der Waals surface area (Å²) < 4.78 is 10.4. The Hall–Kier alpha value is -2.33. The van der Waals surface area contributed by atoms with Gasteiger partial charge >= 0.3 is 5.97 Å². The number of rotatable bonds is 4. The molecule has 22 heavy (non-hydrogen) atoms. The average molecular weight is 317 g/mol. The maximum absolute atomic E-state index is 12.3. The third-order valence-corrected chi connectivity index (χ3v) is 3.64. The minimum Gasteiger partial charge on any atom is -0.479 e. The number of ketones is 1. The quantitative estimate of drug-likeness (QED) is 0.641. The monoisotopic (exact) mass is 316 g/mol. The Morgan fingerprint density at radius 3 is 2.18 bits per heavy atom. The molecule has 1 aliphatic heterocycles. The second-order valence-corrected chi connectivity index (χ2v) is 5.36. The summed E-state index contributed by atoms with van der Waals surface area (Å²) in [6, 6.07) is 13.4. The first-order valence-corrected chi connectivity index (χ1v) is 7.25. The topological polar surface area (TPSA) is 52.6 Å². The van der Waals surface area contributed by atoms with Gasteiger partial charge in [0.15, 0.2) is 11.9 Å². The zero-order valence-electron chi connectivity index (χ0n) is 11.6. The van der Waals surface area contributed by atoms with Crippen molar-refractivity contribution < 1.29 is 19.1 Å². The number of carbonyl (C=O) groups is 2. The van der Waals surface area contributed by atoms with Gasteiger partial charge in [-0.15, -0.1) is 0 Å². The lowest BCUT2D eigenvalue weighted by Crippen LogP contribution is -2.21. The third-order valence-electron chi connectivity index (χ3n) is 3.39. The highest BCUT2D eigenvalue weighted by Gasteiger charge is 2.28. The molecule has 1 fully saturated rings. The van der Waals surface area contributed by atoms with Crippen LogP contribution in [0.15, 0.2) is 48.5 Å². The molecule has 1 saturated heterocycles. The Morgan fingerprint density at radius 2 is 1.64 bits per heavy atom. The average Bonchev–Trinajstić information content (AvgIpc) is 2.93. The molecular formula is C17H13ClO4. The van der Waals surface area contributed by atoms with Crippen molar-refractivity contribution in [2.45, 2.75) is 12.5 Å². The summed E-state index contributed by atoms with van der Waals surface area (Å²) in [5.74, 6) is 0.0984. The number of cyclic esters (lactones) is 1. The number of esters is 1.